The van der Waals surface area contributed by atoms with E-state index < -0.39 is 14.0 Å². The molecule has 0 aliphatic carbocycles. The van der Waals surface area contributed by atoms with Gasteiger partial charge in [0.05, 0.1) is 0 Å². The van der Waals surface area contributed by atoms with E-state index in [-0.39, 0.29) is 0 Å². The molecule has 0 spiro atoms. The second-order valence-electron chi connectivity index (χ2n) is 5.80. The highest BCUT2D eigenvalue weighted by Crippen LogP contribution is 2.15. The molecule has 124 valence electrons. The van der Waals surface area contributed by atoms with E-state index in [1.807, 2.05) is 0 Å². The fourth-order valence-electron chi connectivity index (χ4n) is 2.46. The fourth-order valence-corrected chi connectivity index (χ4v) is 2.94. The summed E-state index contributed by atoms with van der Waals surface area (Å²) in [5, 5.41) is 8.50. The SMILES string of the molecule is O=C(O)CCCCCCCCCCCCCCC[P+](=O)[O-]. The van der Waals surface area contributed by atoms with Crippen molar-refractivity contribution >= 4 is 14.0 Å². The first-order valence-electron chi connectivity index (χ1n) is 8.46. The standard InChI is InChI=1S/C16H31O4P/c17-16(18)14-12-10-8-6-4-2-1-3-5-7-9-11-13-15-21(19)20/h1-15H2,(H,17,18). The molecule has 0 heterocycles. The van der Waals surface area contributed by atoms with Crippen molar-refractivity contribution in [1.82, 2.24) is 0 Å². The predicted octanol–water partition coefficient (Wildman–Crippen LogP) is 4.64. The molecule has 0 fully saturated rings. The van der Waals surface area contributed by atoms with Gasteiger partial charge in [-0.15, -0.1) is 0 Å². The summed E-state index contributed by atoms with van der Waals surface area (Å²) < 4.78 is 10.4. The summed E-state index contributed by atoms with van der Waals surface area (Å²) in [6.07, 6.45) is 15.6. The Kier molecular flexibility index (Phi) is 15.6. The molecule has 1 atom stereocenters. The van der Waals surface area contributed by atoms with Gasteiger partial charge in [-0.25, -0.2) is 0 Å². The van der Waals surface area contributed by atoms with E-state index in [2.05, 4.69) is 0 Å². The van der Waals surface area contributed by atoms with E-state index in [1.54, 1.807) is 0 Å². The van der Waals surface area contributed by atoms with Gasteiger partial charge in [0.25, 0.3) is 0 Å². The van der Waals surface area contributed by atoms with Crippen molar-refractivity contribution in [3.63, 3.8) is 0 Å². The van der Waals surface area contributed by atoms with Gasteiger partial charge in [0, 0.05) is 6.42 Å². The van der Waals surface area contributed by atoms with Crippen LogP contribution in [0.25, 0.3) is 0 Å². The van der Waals surface area contributed by atoms with Crippen LogP contribution in [0.3, 0.4) is 0 Å². The zero-order valence-electron chi connectivity index (χ0n) is 13.2. The lowest BCUT2D eigenvalue weighted by Gasteiger charge is -2.02. The van der Waals surface area contributed by atoms with Gasteiger partial charge in [-0.2, -0.15) is 0 Å². The summed E-state index contributed by atoms with van der Waals surface area (Å²) in [6.45, 7) is 0. The molecule has 0 radical (unpaired) electrons. The fraction of sp³-hybridized carbons (Fsp3) is 0.938. The topological polar surface area (TPSA) is 77.4 Å². The Bertz CT molecular complexity index is 243. The Hall–Kier alpha value is -0.470. The first-order valence-corrected chi connectivity index (χ1v) is 9.83. The van der Waals surface area contributed by atoms with Gasteiger partial charge >= 0.3 is 14.0 Å². The van der Waals surface area contributed by atoms with Crippen LogP contribution in [0, 0.1) is 0 Å². The lowest BCUT2D eigenvalue weighted by atomic mass is 10.0. The molecule has 0 aliphatic rings. The number of hydrogen-bond donors (Lipinski definition) is 1. The van der Waals surface area contributed by atoms with Gasteiger partial charge in [-0.1, -0.05) is 68.8 Å². The van der Waals surface area contributed by atoms with Crippen molar-refractivity contribution in [2.24, 2.45) is 0 Å². The van der Waals surface area contributed by atoms with Crippen LogP contribution in [0.2, 0.25) is 0 Å². The molecule has 5 heteroatoms. The summed E-state index contributed by atoms with van der Waals surface area (Å²) >= 11 is 0. The lowest BCUT2D eigenvalue weighted by molar-refractivity contribution is -0.164. The second kappa shape index (κ2) is 15.9. The first kappa shape index (κ1) is 20.5. The third-order valence-corrected chi connectivity index (χ3v) is 4.41. The predicted molar refractivity (Wildman–Crippen MR) is 84.7 cm³/mol. The number of aliphatic carboxylic acids is 1. The van der Waals surface area contributed by atoms with Crippen LogP contribution in [0.15, 0.2) is 0 Å². The number of carbonyl (C=O) groups is 1. The molecule has 1 unspecified atom stereocenters. The van der Waals surface area contributed by atoms with Crippen LogP contribution in [0.5, 0.6) is 0 Å². The summed E-state index contributed by atoms with van der Waals surface area (Å²) in [5.41, 5.74) is 0. The minimum Gasteiger partial charge on any atom is -0.596 e. The average molecular weight is 318 g/mol. The van der Waals surface area contributed by atoms with Gasteiger partial charge in [0.1, 0.15) is 6.16 Å². The molecule has 0 amide bonds. The Balaban J connectivity index is 2.99. The summed E-state index contributed by atoms with van der Waals surface area (Å²) in [6, 6.07) is 0. The molecular formula is C16H31O4P. The molecular weight excluding hydrogens is 287 g/mol. The van der Waals surface area contributed by atoms with Crippen LogP contribution < -0.4 is 4.89 Å². The molecule has 0 aromatic rings. The molecule has 0 saturated heterocycles. The number of unbranched alkanes of at least 4 members (excludes halogenated alkanes) is 12. The van der Waals surface area contributed by atoms with Gasteiger partial charge < -0.3 is 10.00 Å². The molecule has 0 aromatic heterocycles. The van der Waals surface area contributed by atoms with Crippen LogP contribution >= 0.6 is 8.03 Å². The molecule has 0 bridgehead atoms. The molecule has 0 aromatic carbocycles. The maximum absolute atomic E-state index is 10.4. The van der Waals surface area contributed by atoms with Gasteiger partial charge in [0.15, 0.2) is 0 Å². The van der Waals surface area contributed by atoms with E-state index in [4.69, 9.17) is 5.11 Å². The van der Waals surface area contributed by atoms with Crippen LogP contribution in [-0.2, 0) is 9.36 Å². The lowest BCUT2D eigenvalue weighted by Crippen LogP contribution is -1.93. The first-order chi connectivity index (χ1) is 10.1. The van der Waals surface area contributed by atoms with Crippen molar-refractivity contribution in [3.8, 4) is 0 Å². The molecule has 21 heavy (non-hydrogen) atoms. The van der Waals surface area contributed by atoms with Gasteiger partial charge in [-0.3, -0.25) is 4.79 Å². The average Bonchev–Trinajstić information content (AvgIpc) is 2.42. The Morgan fingerprint density at radius 3 is 1.38 bits per heavy atom. The van der Waals surface area contributed by atoms with Crippen LogP contribution in [0.4, 0.5) is 0 Å². The monoisotopic (exact) mass is 318 g/mol. The van der Waals surface area contributed by atoms with Gasteiger partial charge in [0.2, 0.25) is 0 Å². The highest BCUT2D eigenvalue weighted by atomic mass is 31.1. The molecule has 0 saturated carbocycles. The zero-order chi connectivity index (χ0) is 15.8. The Morgan fingerprint density at radius 2 is 1.05 bits per heavy atom. The maximum Gasteiger partial charge on any atom is 0.308 e. The normalized spacial score (nSPS) is 11.6. The van der Waals surface area contributed by atoms with E-state index in [0.717, 1.165) is 38.5 Å². The minimum absolute atomic E-state index is 0.311. The van der Waals surface area contributed by atoms with E-state index in [0.29, 0.717) is 12.6 Å². The van der Waals surface area contributed by atoms with Crippen molar-refractivity contribution in [2.75, 3.05) is 6.16 Å². The number of rotatable bonds is 16. The Labute approximate surface area is 130 Å². The van der Waals surface area contributed by atoms with Crippen molar-refractivity contribution in [1.29, 1.82) is 0 Å². The molecule has 0 aliphatic heterocycles. The highest BCUT2D eigenvalue weighted by Gasteiger charge is 1.99. The van der Waals surface area contributed by atoms with E-state index >= 15 is 0 Å². The van der Waals surface area contributed by atoms with Gasteiger partial charge in [-0.05, 0) is 19.3 Å². The molecule has 0 rings (SSSR count). The van der Waals surface area contributed by atoms with Crippen LogP contribution in [0.1, 0.15) is 89.9 Å². The van der Waals surface area contributed by atoms with E-state index in [1.165, 1.54) is 44.9 Å². The van der Waals surface area contributed by atoms with Crippen LogP contribution in [-0.4, -0.2) is 17.2 Å². The zero-order valence-corrected chi connectivity index (χ0v) is 14.1. The number of hydrogen-bond acceptors (Lipinski definition) is 3. The molecule has 4 nitrogen and oxygen atoms in total. The number of carboxylic acid groups (broad SMARTS) is 1. The van der Waals surface area contributed by atoms with Crippen molar-refractivity contribution in [3.05, 3.63) is 0 Å². The second-order valence-corrected chi connectivity index (χ2v) is 6.91. The smallest absolute Gasteiger partial charge is 0.308 e. The molecule has 1 N–H and O–H groups in total. The van der Waals surface area contributed by atoms with E-state index in [9.17, 15) is 14.3 Å². The summed E-state index contributed by atoms with van der Waals surface area (Å²) in [5.74, 6) is -0.683. The quantitative estimate of drug-likeness (QED) is 0.332. The third-order valence-electron chi connectivity index (χ3n) is 3.73. The minimum atomic E-state index is -2.17. The largest absolute Gasteiger partial charge is 0.596 e. The maximum atomic E-state index is 10.4. The van der Waals surface area contributed by atoms with Crippen molar-refractivity contribution < 1.29 is 19.4 Å². The summed E-state index contributed by atoms with van der Waals surface area (Å²) in [7, 11) is -2.17. The highest BCUT2D eigenvalue weighted by molar-refractivity contribution is 7.36. The Morgan fingerprint density at radius 1 is 0.714 bits per heavy atom. The number of carboxylic acids is 1. The van der Waals surface area contributed by atoms with Crippen molar-refractivity contribution in [2.45, 2.75) is 89.9 Å². The summed E-state index contributed by atoms with van der Waals surface area (Å²) in [4.78, 5) is 20.7. The third kappa shape index (κ3) is 19.5.